The molecule has 0 amide bonds. The van der Waals surface area contributed by atoms with E-state index in [2.05, 4.69) is 0 Å². The summed E-state index contributed by atoms with van der Waals surface area (Å²) in [4.78, 5) is 0. The fourth-order valence-corrected chi connectivity index (χ4v) is 4.77. The fourth-order valence-electron chi connectivity index (χ4n) is 2.94. The van der Waals surface area contributed by atoms with E-state index >= 15 is 0 Å². The van der Waals surface area contributed by atoms with Crippen molar-refractivity contribution in [2.24, 2.45) is 11.7 Å². The van der Waals surface area contributed by atoms with Gasteiger partial charge in [0.25, 0.3) is 0 Å². The van der Waals surface area contributed by atoms with Crippen molar-refractivity contribution in [1.82, 2.24) is 0 Å². The van der Waals surface area contributed by atoms with E-state index in [0.717, 1.165) is 25.7 Å². The molecule has 2 unspecified atom stereocenters. The van der Waals surface area contributed by atoms with Crippen LogP contribution in [0.1, 0.15) is 38.5 Å². The molecule has 1 aliphatic carbocycles. The Morgan fingerprint density at radius 1 is 1.18 bits per heavy atom. The normalized spacial score (nSPS) is 28.6. The second-order valence-corrected chi connectivity index (χ2v) is 7.57. The molecule has 4 nitrogen and oxygen atoms in total. The summed E-state index contributed by atoms with van der Waals surface area (Å²) in [7, 11) is -3.05. The van der Waals surface area contributed by atoms with Crippen molar-refractivity contribution in [3.05, 3.63) is 0 Å². The van der Waals surface area contributed by atoms with E-state index in [4.69, 9.17) is 10.5 Å². The van der Waals surface area contributed by atoms with Crippen LogP contribution in [0.3, 0.4) is 0 Å². The molecule has 2 N–H and O–H groups in total. The van der Waals surface area contributed by atoms with Gasteiger partial charge in [0.15, 0.2) is 9.84 Å². The van der Waals surface area contributed by atoms with Crippen LogP contribution in [-0.2, 0) is 14.6 Å². The van der Waals surface area contributed by atoms with Gasteiger partial charge in [-0.25, -0.2) is 8.42 Å². The first-order chi connectivity index (χ1) is 8.07. The topological polar surface area (TPSA) is 69.4 Å². The van der Waals surface area contributed by atoms with Gasteiger partial charge in [0, 0.05) is 12.6 Å². The number of sulfone groups is 1. The summed E-state index contributed by atoms with van der Waals surface area (Å²) in [6.45, 7) is 0.703. The van der Waals surface area contributed by atoms with Crippen LogP contribution in [0.4, 0.5) is 0 Å². The van der Waals surface area contributed by atoms with Gasteiger partial charge in [0.05, 0.1) is 17.6 Å². The second-order valence-electron chi connectivity index (χ2n) is 5.42. The molecule has 0 aromatic carbocycles. The number of nitrogens with two attached hydrogens (primary N) is 1. The van der Waals surface area contributed by atoms with Gasteiger partial charge in [-0.1, -0.05) is 12.8 Å². The van der Waals surface area contributed by atoms with Crippen LogP contribution in [0.5, 0.6) is 0 Å². The van der Waals surface area contributed by atoms with E-state index in [9.17, 15) is 8.42 Å². The predicted octanol–water partition coefficient (Wildman–Crippen LogP) is 1.10. The average Bonchev–Trinajstić information content (AvgIpc) is 2.85. The Balaban J connectivity index is 1.82. The summed E-state index contributed by atoms with van der Waals surface area (Å²) in [5.74, 6) is 0.708. The Labute approximate surface area is 104 Å². The highest BCUT2D eigenvalue weighted by molar-refractivity contribution is 7.91. The highest BCUT2D eigenvalue weighted by Gasteiger charge is 2.29. The lowest BCUT2D eigenvalue weighted by Gasteiger charge is -2.19. The van der Waals surface area contributed by atoms with Crippen LogP contribution in [0.25, 0.3) is 0 Å². The summed E-state index contributed by atoms with van der Waals surface area (Å²) in [5, 5.41) is 0. The lowest BCUT2D eigenvalue weighted by molar-refractivity contribution is 0.127. The van der Waals surface area contributed by atoms with Gasteiger partial charge < -0.3 is 10.5 Å². The van der Waals surface area contributed by atoms with Gasteiger partial charge in [-0.05, 0) is 31.6 Å². The standard InChI is InChI=1S/C12H23NO3S/c13-12(10-4-1-2-5-10)9-17(14,15)8-11-6-3-7-16-11/h10-12H,1-9,13H2. The molecule has 17 heavy (non-hydrogen) atoms. The van der Waals surface area contributed by atoms with E-state index in [1.165, 1.54) is 12.8 Å². The maximum Gasteiger partial charge on any atom is 0.154 e. The zero-order valence-electron chi connectivity index (χ0n) is 10.3. The minimum atomic E-state index is -3.05. The zero-order valence-corrected chi connectivity index (χ0v) is 11.1. The first-order valence-corrected chi connectivity index (χ1v) is 8.46. The molecule has 1 saturated heterocycles. The zero-order chi connectivity index (χ0) is 12.3. The molecule has 0 radical (unpaired) electrons. The largest absolute Gasteiger partial charge is 0.377 e. The summed E-state index contributed by atoms with van der Waals surface area (Å²) < 4.78 is 29.4. The highest BCUT2D eigenvalue weighted by atomic mass is 32.2. The smallest absolute Gasteiger partial charge is 0.154 e. The third kappa shape index (κ3) is 3.93. The maximum atomic E-state index is 12.0. The summed E-state index contributed by atoms with van der Waals surface area (Å²) >= 11 is 0. The summed E-state index contributed by atoms with van der Waals surface area (Å²) in [6.07, 6.45) is 6.35. The van der Waals surface area contributed by atoms with E-state index in [1.54, 1.807) is 0 Å². The summed E-state index contributed by atoms with van der Waals surface area (Å²) in [6, 6.07) is -0.177. The van der Waals surface area contributed by atoms with Gasteiger partial charge in [0.2, 0.25) is 0 Å². The Bertz CT molecular complexity index is 330. The minimum Gasteiger partial charge on any atom is -0.377 e. The van der Waals surface area contributed by atoms with E-state index in [0.29, 0.717) is 12.5 Å². The Kier molecular flexibility index (Phi) is 4.44. The van der Waals surface area contributed by atoms with Crippen molar-refractivity contribution in [3.63, 3.8) is 0 Å². The third-order valence-electron chi connectivity index (χ3n) is 3.92. The van der Waals surface area contributed by atoms with Crippen molar-refractivity contribution in [2.75, 3.05) is 18.1 Å². The Morgan fingerprint density at radius 2 is 1.88 bits per heavy atom. The van der Waals surface area contributed by atoms with Gasteiger partial charge in [0.1, 0.15) is 0 Å². The molecule has 2 aliphatic rings. The van der Waals surface area contributed by atoms with Crippen molar-refractivity contribution < 1.29 is 13.2 Å². The van der Waals surface area contributed by atoms with Crippen molar-refractivity contribution in [2.45, 2.75) is 50.7 Å². The van der Waals surface area contributed by atoms with Crippen LogP contribution in [-0.4, -0.2) is 38.7 Å². The van der Waals surface area contributed by atoms with Gasteiger partial charge in [-0.3, -0.25) is 0 Å². The Hall–Kier alpha value is -0.130. The van der Waals surface area contributed by atoms with E-state index in [1.807, 2.05) is 0 Å². The second kappa shape index (κ2) is 5.67. The van der Waals surface area contributed by atoms with Gasteiger partial charge in [-0.15, -0.1) is 0 Å². The van der Waals surface area contributed by atoms with Gasteiger partial charge >= 0.3 is 0 Å². The maximum absolute atomic E-state index is 12.0. The van der Waals surface area contributed by atoms with Crippen LogP contribution in [0.15, 0.2) is 0 Å². The lowest BCUT2D eigenvalue weighted by Crippen LogP contribution is -2.38. The molecule has 0 aromatic rings. The quantitative estimate of drug-likeness (QED) is 0.804. The fraction of sp³-hybridized carbons (Fsp3) is 1.00. The van der Waals surface area contributed by atoms with Gasteiger partial charge in [-0.2, -0.15) is 0 Å². The van der Waals surface area contributed by atoms with Crippen LogP contribution < -0.4 is 5.73 Å². The monoisotopic (exact) mass is 261 g/mol. The van der Waals surface area contributed by atoms with Crippen molar-refractivity contribution in [3.8, 4) is 0 Å². The molecule has 100 valence electrons. The molecular formula is C12H23NO3S. The first kappa shape index (κ1) is 13.3. The number of ether oxygens (including phenoxy) is 1. The number of hydrogen-bond donors (Lipinski definition) is 1. The van der Waals surface area contributed by atoms with Crippen molar-refractivity contribution in [1.29, 1.82) is 0 Å². The predicted molar refractivity (Wildman–Crippen MR) is 67.6 cm³/mol. The first-order valence-electron chi connectivity index (χ1n) is 6.64. The Morgan fingerprint density at radius 3 is 2.47 bits per heavy atom. The molecule has 2 rings (SSSR count). The van der Waals surface area contributed by atoms with Crippen LogP contribution >= 0.6 is 0 Å². The number of rotatable bonds is 5. The lowest BCUT2D eigenvalue weighted by atomic mass is 10.0. The molecule has 5 heteroatoms. The summed E-state index contributed by atoms with van der Waals surface area (Å²) in [5.41, 5.74) is 6.02. The van der Waals surface area contributed by atoms with Crippen molar-refractivity contribution >= 4 is 9.84 Å². The molecule has 0 spiro atoms. The average molecular weight is 261 g/mol. The highest BCUT2D eigenvalue weighted by Crippen LogP contribution is 2.27. The minimum absolute atomic E-state index is 0.0872. The van der Waals surface area contributed by atoms with Crippen LogP contribution in [0, 0.1) is 5.92 Å². The molecule has 1 saturated carbocycles. The molecule has 0 bridgehead atoms. The van der Waals surface area contributed by atoms with E-state index < -0.39 is 9.84 Å². The van der Waals surface area contributed by atoms with E-state index in [-0.39, 0.29) is 23.7 Å². The molecule has 1 aliphatic heterocycles. The molecule has 1 heterocycles. The molecule has 0 aromatic heterocycles. The molecule has 2 fully saturated rings. The third-order valence-corrected chi connectivity index (χ3v) is 5.69. The molecular weight excluding hydrogens is 238 g/mol. The SMILES string of the molecule is NC(CS(=O)(=O)CC1CCCO1)C1CCCC1. The number of hydrogen-bond acceptors (Lipinski definition) is 4. The molecule has 2 atom stereocenters. The van der Waals surface area contributed by atoms with Crippen LogP contribution in [0.2, 0.25) is 0 Å².